The van der Waals surface area contributed by atoms with Crippen molar-refractivity contribution < 1.29 is 14.1 Å². The summed E-state index contributed by atoms with van der Waals surface area (Å²) in [6.07, 6.45) is 1.02. The second-order valence-electron chi connectivity index (χ2n) is 6.02. The number of nitrogens with zero attached hydrogens (tertiary/aromatic N) is 2. The van der Waals surface area contributed by atoms with Gasteiger partial charge in [0.15, 0.2) is 6.54 Å². The predicted molar refractivity (Wildman–Crippen MR) is 99.0 cm³/mol. The van der Waals surface area contributed by atoms with Crippen LogP contribution < -0.4 is 4.90 Å². The zero-order valence-corrected chi connectivity index (χ0v) is 15.4. The van der Waals surface area contributed by atoms with E-state index in [0.717, 1.165) is 39.6 Å². The van der Waals surface area contributed by atoms with Crippen LogP contribution in [-0.2, 0) is 5.72 Å². The van der Waals surface area contributed by atoms with Crippen molar-refractivity contribution >= 4 is 38.5 Å². The van der Waals surface area contributed by atoms with E-state index in [1.807, 2.05) is 24.3 Å². The van der Waals surface area contributed by atoms with Crippen LogP contribution in [0.25, 0.3) is 0 Å². The summed E-state index contributed by atoms with van der Waals surface area (Å²) in [4.78, 5) is 2.15. The zero-order chi connectivity index (χ0) is 16.7. The fourth-order valence-corrected chi connectivity index (χ4v) is 4.73. The number of rotatable bonds is 2. The minimum Gasteiger partial charge on any atom is -0.346 e. The van der Waals surface area contributed by atoms with E-state index in [1.165, 1.54) is 12.1 Å². The van der Waals surface area contributed by atoms with Crippen LogP contribution in [0.15, 0.2) is 53.0 Å². The van der Waals surface area contributed by atoms with Crippen molar-refractivity contribution in [1.82, 2.24) is 0 Å². The number of thioether (sulfide) groups is 1. The van der Waals surface area contributed by atoms with Crippen LogP contribution >= 0.6 is 27.7 Å². The highest BCUT2D eigenvalue weighted by molar-refractivity contribution is 9.10. The first-order chi connectivity index (χ1) is 11.6. The fraction of sp³-hybridized carbons (Fsp3) is 0.278. The van der Waals surface area contributed by atoms with Gasteiger partial charge in [0.05, 0.1) is 6.54 Å². The van der Waals surface area contributed by atoms with E-state index < -0.39 is 5.72 Å². The summed E-state index contributed by atoms with van der Waals surface area (Å²) in [5.74, 6) is 0.751. The van der Waals surface area contributed by atoms with Crippen molar-refractivity contribution in [3.8, 4) is 0 Å². The zero-order valence-electron chi connectivity index (χ0n) is 13.0. The molecule has 2 aromatic rings. The van der Waals surface area contributed by atoms with Crippen LogP contribution in [0.2, 0.25) is 0 Å². The molecule has 2 heterocycles. The van der Waals surface area contributed by atoms with Gasteiger partial charge in [0.1, 0.15) is 11.5 Å². The standard InChI is InChI=1S/C18H17BrFN2OS/c19-14-4-8-16(9-5-14)21-12-18(23,13-2-6-15(20)7-3-13)22-10-1-11-24-17(21)22/h2-9,23H,1,10-12H2/q+1/t18-/m1/s1. The molecule has 0 unspecified atom stereocenters. The van der Waals surface area contributed by atoms with Crippen LogP contribution in [0.5, 0.6) is 0 Å². The number of hydrogen-bond donors (Lipinski definition) is 1. The van der Waals surface area contributed by atoms with Gasteiger partial charge in [-0.05, 0) is 66.7 Å². The maximum absolute atomic E-state index is 13.3. The van der Waals surface area contributed by atoms with Crippen LogP contribution in [0.4, 0.5) is 10.1 Å². The number of benzene rings is 2. The Balaban J connectivity index is 1.78. The highest BCUT2D eigenvalue weighted by Gasteiger charge is 2.53. The van der Waals surface area contributed by atoms with E-state index in [4.69, 9.17) is 0 Å². The molecule has 0 radical (unpaired) electrons. The van der Waals surface area contributed by atoms with Crippen molar-refractivity contribution in [3.63, 3.8) is 0 Å². The summed E-state index contributed by atoms with van der Waals surface area (Å²) in [7, 11) is 0. The summed E-state index contributed by atoms with van der Waals surface area (Å²) >= 11 is 5.23. The smallest absolute Gasteiger partial charge is 0.316 e. The molecule has 2 aliphatic heterocycles. The van der Waals surface area contributed by atoms with Gasteiger partial charge in [-0.3, -0.25) is 0 Å². The van der Waals surface area contributed by atoms with Gasteiger partial charge in [0.2, 0.25) is 0 Å². The van der Waals surface area contributed by atoms with Crippen molar-refractivity contribution in [3.05, 3.63) is 64.4 Å². The molecular formula is C18H17BrFN2OS+. The van der Waals surface area contributed by atoms with Crippen molar-refractivity contribution in [2.45, 2.75) is 12.1 Å². The number of hydrogen-bond acceptors (Lipinski definition) is 3. The van der Waals surface area contributed by atoms with Gasteiger partial charge in [-0.25, -0.2) is 13.9 Å². The van der Waals surface area contributed by atoms with Crippen LogP contribution in [0, 0.1) is 5.82 Å². The summed E-state index contributed by atoms with van der Waals surface area (Å²) < 4.78 is 16.4. The summed E-state index contributed by atoms with van der Waals surface area (Å²) in [6.45, 7) is 1.23. The van der Waals surface area contributed by atoms with Crippen LogP contribution in [-0.4, -0.2) is 33.7 Å². The van der Waals surface area contributed by atoms with Crippen molar-refractivity contribution in [2.75, 3.05) is 23.7 Å². The number of amidine groups is 1. The minimum atomic E-state index is -1.14. The normalized spacial score (nSPS) is 23.5. The van der Waals surface area contributed by atoms with E-state index in [1.54, 1.807) is 23.9 Å². The van der Waals surface area contributed by atoms with Gasteiger partial charge in [0.25, 0.3) is 5.72 Å². The van der Waals surface area contributed by atoms with Crippen molar-refractivity contribution in [1.29, 1.82) is 0 Å². The average Bonchev–Trinajstić information content (AvgIpc) is 2.91. The Morgan fingerprint density at radius 2 is 1.83 bits per heavy atom. The van der Waals surface area contributed by atoms with E-state index in [-0.39, 0.29) is 5.82 Å². The molecule has 0 aliphatic carbocycles. The molecule has 0 saturated carbocycles. The van der Waals surface area contributed by atoms with Gasteiger partial charge in [-0.1, -0.05) is 15.9 Å². The molecular weight excluding hydrogens is 391 g/mol. The number of aliphatic hydroxyl groups is 1. The molecule has 24 heavy (non-hydrogen) atoms. The summed E-state index contributed by atoms with van der Waals surface area (Å²) in [5, 5.41) is 12.5. The topological polar surface area (TPSA) is 26.5 Å². The molecule has 2 aromatic carbocycles. The van der Waals surface area contributed by atoms with Gasteiger partial charge < -0.3 is 5.11 Å². The molecule has 4 rings (SSSR count). The molecule has 124 valence electrons. The van der Waals surface area contributed by atoms with Crippen LogP contribution in [0.3, 0.4) is 0 Å². The largest absolute Gasteiger partial charge is 0.346 e. The first-order valence-corrected chi connectivity index (χ1v) is 9.65. The maximum Gasteiger partial charge on any atom is 0.316 e. The lowest BCUT2D eigenvalue weighted by molar-refractivity contribution is -0.656. The van der Waals surface area contributed by atoms with Crippen LogP contribution in [0.1, 0.15) is 12.0 Å². The molecule has 1 N–H and O–H groups in total. The molecule has 0 bridgehead atoms. The monoisotopic (exact) mass is 407 g/mol. The van der Waals surface area contributed by atoms with E-state index >= 15 is 0 Å². The number of anilines is 1. The minimum absolute atomic E-state index is 0.290. The molecule has 0 amide bonds. The highest BCUT2D eigenvalue weighted by atomic mass is 79.9. The Kier molecular flexibility index (Phi) is 4.14. The van der Waals surface area contributed by atoms with Gasteiger partial charge in [-0.2, -0.15) is 0 Å². The Morgan fingerprint density at radius 1 is 1.12 bits per heavy atom. The Bertz CT molecular complexity index is 794. The second kappa shape index (κ2) is 6.17. The molecule has 2 aliphatic rings. The Labute approximate surface area is 152 Å². The second-order valence-corrected chi connectivity index (χ2v) is 8.00. The molecule has 3 nitrogen and oxygen atoms in total. The molecule has 0 aromatic heterocycles. The van der Waals surface area contributed by atoms with Gasteiger partial charge >= 0.3 is 5.17 Å². The lowest BCUT2D eigenvalue weighted by Crippen LogP contribution is -2.41. The molecule has 6 heteroatoms. The molecule has 1 atom stereocenters. The Morgan fingerprint density at radius 3 is 2.54 bits per heavy atom. The van der Waals surface area contributed by atoms with E-state index in [2.05, 4.69) is 25.4 Å². The van der Waals surface area contributed by atoms with Crippen molar-refractivity contribution in [2.24, 2.45) is 0 Å². The molecule has 0 spiro atoms. The summed E-state index contributed by atoms with van der Waals surface area (Å²) in [6, 6.07) is 14.3. The molecule has 0 fully saturated rings. The van der Waals surface area contributed by atoms with E-state index in [9.17, 15) is 9.50 Å². The third-order valence-electron chi connectivity index (χ3n) is 4.49. The third-order valence-corrected chi connectivity index (χ3v) is 6.21. The van der Waals surface area contributed by atoms with Gasteiger partial charge in [-0.15, -0.1) is 0 Å². The quantitative estimate of drug-likeness (QED) is 0.767. The lowest BCUT2D eigenvalue weighted by atomic mass is 10.0. The molecule has 0 saturated heterocycles. The summed E-state index contributed by atoms with van der Waals surface area (Å²) in [5.41, 5.74) is 0.637. The van der Waals surface area contributed by atoms with Gasteiger partial charge in [0, 0.05) is 15.8 Å². The number of β-amino-alcohol motifs (C(OH)–C–C–N with tert-alkyl or cyclic N) is 1. The lowest BCUT2D eigenvalue weighted by Gasteiger charge is -2.24. The first kappa shape index (κ1) is 16.1. The fourth-order valence-electron chi connectivity index (χ4n) is 3.29. The number of halogens is 2. The predicted octanol–water partition coefficient (Wildman–Crippen LogP) is 3.76. The SMILES string of the molecule is O[C@@]1(c2ccc(F)cc2)CN(c2ccc(Br)cc2)C2=[N+]1CCCS2. The average molecular weight is 408 g/mol. The van der Waals surface area contributed by atoms with E-state index in [0.29, 0.717) is 6.54 Å². The Hall–Kier alpha value is -1.37. The third kappa shape index (κ3) is 2.66. The highest BCUT2D eigenvalue weighted by Crippen LogP contribution is 2.37. The first-order valence-electron chi connectivity index (χ1n) is 7.87. The maximum atomic E-state index is 13.3.